The number of nitrogens with zero attached hydrogens (tertiary/aromatic N) is 2. The Labute approximate surface area is 161 Å². The van der Waals surface area contributed by atoms with E-state index in [0.717, 1.165) is 0 Å². The van der Waals surface area contributed by atoms with Crippen molar-refractivity contribution in [3.63, 3.8) is 0 Å². The fraction of sp³-hybridized carbons (Fsp3) is 0.0500. The highest BCUT2D eigenvalue weighted by atomic mass is 32.1. The smallest absolute Gasteiger partial charge is 0.210 e. The molecule has 0 aromatic heterocycles. The molecule has 1 heterocycles. The summed E-state index contributed by atoms with van der Waals surface area (Å²) >= 11 is 5.65. The molecule has 0 unspecified atom stereocenters. The molecule has 0 amide bonds. The van der Waals surface area contributed by atoms with Gasteiger partial charge >= 0.3 is 0 Å². The molecule has 1 aliphatic heterocycles. The minimum Gasteiger partial charge on any atom is -0.249 e. The number of benzene rings is 3. The number of hydrogen-bond acceptors (Lipinski definition) is 3. The Morgan fingerprint density at radius 2 is 1.28 bits per heavy atom. The Morgan fingerprint density at radius 1 is 0.800 bits per heavy atom. The zero-order valence-electron chi connectivity index (χ0n) is 19.1. The second kappa shape index (κ2) is 7.03. The molecule has 0 radical (unpaired) electrons. The van der Waals surface area contributed by atoms with Crippen molar-refractivity contribution in [3.05, 3.63) is 96.4 Å². The lowest BCUT2D eigenvalue weighted by Crippen LogP contribution is -2.65. The van der Waals surface area contributed by atoms with Gasteiger partial charge in [-0.15, -0.1) is 0 Å². The first-order valence-electron chi connectivity index (χ1n) is 10.6. The molecular formula is C20H18N4S. The van der Waals surface area contributed by atoms with E-state index in [0.29, 0.717) is 11.4 Å². The molecule has 0 bridgehead atoms. The lowest BCUT2D eigenvalue weighted by atomic mass is 10.2. The number of hydrogen-bond donors (Lipinski definition) is 2. The van der Waals surface area contributed by atoms with Gasteiger partial charge < -0.3 is 0 Å². The maximum Gasteiger partial charge on any atom is 0.210 e. The predicted octanol–water partition coefficient (Wildman–Crippen LogP) is 4.01. The number of rotatable bonds is 3. The van der Waals surface area contributed by atoms with E-state index < -0.39 is 36.4 Å². The van der Waals surface area contributed by atoms with Crippen LogP contribution >= 0.6 is 12.2 Å². The molecule has 1 aliphatic rings. The summed E-state index contributed by atoms with van der Waals surface area (Å²) in [7, 11) is 0. The molecule has 4 rings (SSSR count). The Bertz CT molecular complexity index is 1060. The molecule has 4 nitrogen and oxygen atoms in total. The molecule has 1 saturated heterocycles. The summed E-state index contributed by atoms with van der Waals surface area (Å²) in [5.74, 6) is 0. The first-order valence-corrected chi connectivity index (χ1v) is 8.03. The molecule has 0 aliphatic carbocycles. The fourth-order valence-corrected chi connectivity index (χ4v) is 2.74. The zero-order chi connectivity index (χ0) is 22.3. The van der Waals surface area contributed by atoms with Crippen LogP contribution in [0.15, 0.2) is 90.9 Å². The third-order valence-corrected chi connectivity index (χ3v) is 3.97. The SMILES string of the molecule is [2H]c1c([2H])c([2H])c(C2([2H])NN(c3ccccc3)C(=S)N(c3ccccc3)N2)c([2H])c1[2H]. The Kier molecular flexibility index (Phi) is 2.90. The van der Waals surface area contributed by atoms with Crippen molar-refractivity contribution in [2.45, 2.75) is 6.14 Å². The molecule has 0 saturated carbocycles. The maximum absolute atomic E-state index is 9.12. The minimum atomic E-state index is -2.03. The molecule has 1 fully saturated rings. The van der Waals surface area contributed by atoms with E-state index in [1.165, 1.54) is 10.0 Å². The molecule has 2 N–H and O–H groups in total. The van der Waals surface area contributed by atoms with E-state index in [-0.39, 0.29) is 10.7 Å². The van der Waals surface area contributed by atoms with Crippen LogP contribution in [0.2, 0.25) is 0 Å². The van der Waals surface area contributed by atoms with Crippen LogP contribution in [-0.4, -0.2) is 5.11 Å². The summed E-state index contributed by atoms with van der Waals surface area (Å²) in [6, 6.07) is 15.6. The van der Waals surface area contributed by atoms with Crippen molar-refractivity contribution in [1.82, 2.24) is 10.9 Å². The lowest BCUT2D eigenvalue weighted by molar-refractivity contribution is 0.429. The summed E-state index contributed by atoms with van der Waals surface area (Å²) < 4.78 is 49.7. The van der Waals surface area contributed by atoms with Gasteiger partial charge in [0.1, 0.15) is 6.14 Å². The van der Waals surface area contributed by atoms with Crippen LogP contribution in [0.3, 0.4) is 0 Å². The molecule has 0 spiro atoms. The van der Waals surface area contributed by atoms with Crippen LogP contribution in [0, 0.1) is 0 Å². The fourth-order valence-electron chi connectivity index (χ4n) is 2.44. The van der Waals surface area contributed by atoms with Crippen molar-refractivity contribution < 1.29 is 8.22 Å². The van der Waals surface area contributed by atoms with Crippen LogP contribution in [0.1, 0.15) is 19.9 Å². The van der Waals surface area contributed by atoms with Gasteiger partial charge in [-0.05, 0) is 42.0 Å². The van der Waals surface area contributed by atoms with Crippen molar-refractivity contribution in [3.8, 4) is 0 Å². The van der Waals surface area contributed by atoms with Gasteiger partial charge in [0.25, 0.3) is 0 Å². The van der Waals surface area contributed by atoms with Gasteiger partial charge in [0, 0.05) is 0 Å². The summed E-state index contributed by atoms with van der Waals surface area (Å²) in [4.78, 5) is 0. The van der Waals surface area contributed by atoms with Crippen molar-refractivity contribution >= 4 is 28.7 Å². The highest BCUT2D eigenvalue weighted by Crippen LogP contribution is 2.25. The Balaban J connectivity index is 1.91. The summed E-state index contributed by atoms with van der Waals surface area (Å²) in [5, 5.41) is 3.23. The average molecular weight is 352 g/mol. The van der Waals surface area contributed by atoms with Gasteiger partial charge in [-0.25, -0.2) is 20.9 Å². The Hall–Kier alpha value is -2.73. The van der Waals surface area contributed by atoms with Gasteiger partial charge in [0.05, 0.1) is 19.6 Å². The topological polar surface area (TPSA) is 30.5 Å². The van der Waals surface area contributed by atoms with Crippen molar-refractivity contribution in [2.24, 2.45) is 0 Å². The standard InChI is InChI=1S/C20H18N4S/c25-20-23(17-12-6-2-7-13-17)21-19(16-10-4-1-5-11-16)22-24(20)18-14-8-3-9-15-18/h1-15,19,21-22H/i1D,4D,5D,10D,11D,19D. The van der Waals surface area contributed by atoms with Gasteiger partial charge in [0.15, 0.2) is 0 Å². The van der Waals surface area contributed by atoms with Crippen LogP contribution in [0.4, 0.5) is 11.4 Å². The quantitative estimate of drug-likeness (QED) is 0.696. The zero-order valence-corrected chi connectivity index (χ0v) is 13.9. The summed E-state index contributed by atoms with van der Waals surface area (Å²) in [6.45, 7) is 0. The van der Waals surface area contributed by atoms with Gasteiger partial charge in [-0.3, -0.25) is 0 Å². The largest absolute Gasteiger partial charge is 0.249 e. The van der Waals surface area contributed by atoms with Crippen molar-refractivity contribution in [1.29, 1.82) is 0 Å². The number of hydrazine groups is 2. The van der Waals surface area contributed by atoms with E-state index in [9.17, 15) is 0 Å². The number of thiocarbonyl (C=S) groups is 1. The molecule has 3 aromatic carbocycles. The molecule has 25 heavy (non-hydrogen) atoms. The molecular weight excluding hydrogens is 328 g/mol. The highest BCUT2D eigenvalue weighted by molar-refractivity contribution is 7.80. The van der Waals surface area contributed by atoms with Crippen LogP contribution < -0.4 is 20.9 Å². The molecule has 124 valence electrons. The van der Waals surface area contributed by atoms with E-state index in [1.54, 1.807) is 24.3 Å². The van der Waals surface area contributed by atoms with E-state index in [2.05, 4.69) is 10.9 Å². The summed E-state index contributed by atoms with van der Waals surface area (Å²) in [5.41, 5.74) is 6.81. The average Bonchev–Trinajstić information content (AvgIpc) is 2.79. The number of para-hydroxylation sites is 2. The van der Waals surface area contributed by atoms with E-state index in [1.807, 2.05) is 36.4 Å². The van der Waals surface area contributed by atoms with Crippen LogP contribution in [0.25, 0.3) is 0 Å². The first kappa shape index (κ1) is 10.3. The van der Waals surface area contributed by atoms with Gasteiger partial charge in [-0.2, -0.15) is 0 Å². The second-order valence-electron chi connectivity index (χ2n) is 5.22. The third kappa shape index (κ3) is 3.25. The monoisotopic (exact) mass is 352 g/mol. The van der Waals surface area contributed by atoms with Crippen LogP contribution in [0.5, 0.6) is 0 Å². The predicted molar refractivity (Wildman–Crippen MR) is 106 cm³/mol. The molecule has 0 atom stereocenters. The van der Waals surface area contributed by atoms with Crippen LogP contribution in [-0.2, 0) is 0 Å². The minimum absolute atomic E-state index is 0.247. The molecule has 3 aromatic rings. The van der Waals surface area contributed by atoms with E-state index in [4.69, 9.17) is 20.4 Å². The second-order valence-corrected chi connectivity index (χ2v) is 5.59. The van der Waals surface area contributed by atoms with Gasteiger partial charge in [0.2, 0.25) is 5.11 Å². The normalized spacial score (nSPS) is 20.1. The summed E-state index contributed by atoms with van der Waals surface area (Å²) in [6.07, 6.45) is -2.03. The Morgan fingerprint density at radius 3 is 1.76 bits per heavy atom. The first-order chi connectivity index (χ1) is 14.7. The maximum atomic E-state index is 9.12. The highest BCUT2D eigenvalue weighted by Gasteiger charge is 2.30. The third-order valence-electron chi connectivity index (χ3n) is 3.61. The van der Waals surface area contributed by atoms with Gasteiger partial charge in [-0.1, -0.05) is 66.6 Å². The lowest BCUT2D eigenvalue weighted by Gasteiger charge is -2.43. The molecule has 5 heteroatoms. The number of nitrogens with one attached hydrogen (secondary N) is 2. The van der Waals surface area contributed by atoms with E-state index >= 15 is 0 Å². The van der Waals surface area contributed by atoms with Crippen molar-refractivity contribution in [2.75, 3.05) is 10.0 Å². The number of anilines is 2.